The molecule has 1 aromatic rings. The SMILES string of the molecule is NNC(Cc1cc(Cl)cc2c1OCC2)C1CCCCS1. The maximum Gasteiger partial charge on any atom is 0.125 e. The molecule has 2 aliphatic rings. The predicted molar refractivity (Wildman–Crippen MR) is 85.6 cm³/mol. The number of thioether (sulfide) groups is 1. The number of rotatable bonds is 4. The molecule has 0 aromatic heterocycles. The summed E-state index contributed by atoms with van der Waals surface area (Å²) in [6, 6.07) is 4.34. The van der Waals surface area contributed by atoms with E-state index in [1.54, 1.807) is 0 Å². The molecule has 3 N–H and O–H groups in total. The molecule has 3 rings (SSSR count). The fourth-order valence-corrected chi connectivity index (χ4v) is 4.79. The van der Waals surface area contributed by atoms with Crippen LogP contribution in [-0.2, 0) is 12.8 Å². The summed E-state index contributed by atoms with van der Waals surface area (Å²) in [6.45, 7) is 0.765. The van der Waals surface area contributed by atoms with Crippen LogP contribution < -0.4 is 16.0 Å². The molecular formula is C15H21ClN2OS. The normalized spacial score (nSPS) is 23.2. The van der Waals surface area contributed by atoms with Gasteiger partial charge in [0.1, 0.15) is 5.75 Å². The second kappa shape index (κ2) is 6.56. The standard InChI is InChI=1S/C15H21ClN2OS/c16-12-7-10-4-5-19-15(10)11(8-12)9-13(18-17)14-3-1-2-6-20-14/h7-8,13-14,18H,1-6,9,17H2. The van der Waals surface area contributed by atoms with E-state index in [2.05, 4.69) is 5.43 Å². The van der Waals surface area contributed by atoms with Gasteiger partial charge in [0.15, 0.2) is 0 Å². The third-order valence-electron chi connectivity index (χ3n) is 4.14. The van der Waals surface area contributed by atoms with Gasteiger partial charge in [0.25, 0.3) is 0 Å². The van der Waals surface area contributed by atoms with Crippen LogP contribution in [0, 0.1) is 0 Å². The Balaban J connectivity index is 1.78. The minimum Gasteiger partial charge on any atom is -0.493 e. The van der Waals surface area contributed by atoms with Gasteiger partial charge in [0.05, 0.1) is 6.61 Å². The topological polar surface area (TPSA) is 47.3 Å². The van der Waals surface area contributed by atoms with E-state index in [0.29, 0.717) is 5.25 Å². The van der Waals surface area contributed by atoms with Gasteiger partial charge in [0.2, 0.25) is 0 Å². The summed E-state index contributed by atoms with van der Waals surface area (Å²) < 4.78 is 5.78. The lowest BCUT2D eigenvalue weighted by molar-refractivity contribution is 0.350. The van der Waals surface area contributed by atoms with Crippen molar-refractivity contribution in [1.82, 2.24) is 5.43 Å². The smallest absolute Gasteiger partial charge is 0.125 e. The Morgan fingerprint density at radius 2 is 2.35 bits per heavy atom. The molecule has 0 aliphatic carbocycles. The van der Waals surface area contributed by atoms with Crippen LogP contribution in [0.4, 0.5) is 0 Å². The lowest BCUT2D eigenvalue weighted by Crippen LogP contribution is -2.45. The number of nitrogens with one attached hydrogen (secondary N) is 1. The number of benzene rings is 1. The number of hydrogen-bond acceptors (Lipinski definition) is 4. The van der Waals surface area contributed by atoms with Gasteiger partial charge in [-0.25, -0.2) is 0 Å². The molecule has 1 aromatic carbocycles. The van der Waals surface area contributed by atoms with E-state index in [1.165, 1.54) is 36.1 Å². The molecule has 5 heteroatoms. The Hall–Kier alpha value is -0.420. The van der Waals surface area contributed by atoms with E-state index in [9.17, 15) is 0 Å². The lowest BCUT2D eigenvalue weighted by atomic mass is 9.97. The van der Waals surface area contributed by atoms with E-state index >= 15 is 0 Å². The van der Waals surface area contributed by atoms with Crippen LogP contribution in [0.25, 0.3) is 0 Å². The Labute approximate surface area is 129 Å². The summed E-state index contributed by atoms with van der Waals surface area (Å²) in [7, 11) is 0. The summed E-state index contributed by atoms with van der Waals surface area (Å²) in [5.41, 5.74) is 5.44. The highest BCUT2D eigenvalue weighted by molar-refractivity contribution is 8.00. The molecule has 0 saturated carbocycles. The summed E-state index contributed by atoms with van der Waals surface area (Å²) in [5, 5.41) is 1.39. The van der Waals surface area contributed by atoms with Crippen LogP contribution in [0.5, 0.6) is 5.75 Å². The molecule has 0 radical (unpaired) electrons. The molecule has 2 heterocycles. The van der Waals surface area contributed by atoms with Crippen LogP contribution in [0.1, 0.15) is 30.4 Å². The first-order chi connectivity index (χ1) is 9.78. The van der Waals surface area contributed by atoms with Crippen LogP contribution >= 0.6 is 23.4 Å². The zero-order chi connectivity index (χ0) is 13.9. The third kappa shape index (κ3) is 3.08. The summed E-state index contributed by atoms with van der Waals surface area (Å²) in [5.74, 6) is 8.08. The van der Waals surface area contributed by atoms with Crippen molar-refractivity contribution in [3.05, 3.63) is 28.3 Å². The van der Waals surface area contributed by atoms with Gasteiger partial charge < -0.3 is 4.74 Å². The van der Waals surface area contributed by atoms with Gasteiger partial charge in [-0.3, -0.25) is 11.3 Å². The van der Waals surface area contributed by atoms with Gasteiger partial charge in [-0.15, -0.1) is 0 Å². The molecule has 110 valence electrons. The molecule has 1 saturated heterocycles. The quantitative estimate of drug-likeness (QED) is 0.663. The second-order valence-corrected chi connectivity index (χ2v) is 7.32. The molecule has 0 bridgehead atoms. The highest BCUT2D eigenvalue weighted by Gasteiger charge is 2.26. The van der Waals surface area contributed by atoms with Gasteiger partial charge in [0, 0.05) is 22.7 Å². The monoisotopic (exact) mass is 312 g/mol. The number of ether oxygens (including phenoxy) is 1. The second-order valence-electron chi connectivity index (χ2n) is 5.53. The van der Waals surface area contributed by atoms with Crippen LogP contribution in [0.3, 0.4) is 0 Å². The van der Waals surface area contributed by atoms with Crippen LogP contribution in [-0.4, -0.2) is 23.7 Å². The Kier molecular flexibility index (Phi) is 4.76. The first kappa shape index (κ1) is 14.5. The molecule has 0 spiro atoms. The fraction of sp³-hybridized carbons (Fsp3) is 0.600. The third-order valence-corrected chi connectivity index (χ3v) is 5.88. The van der Waals surface area contributed by atoms with Crippen molar-refractivity contribution in [2.45, 2.75) is 43.4 Å². The Morgan fingerprint density at radius 3 is 3.10 bits per heavy atom. The van der Waals surface area contributed by atoms with Crippen molar-refractivity contribution in [2.24, 2.45) is 5.84 Å². The zero-order valence-corrected chi connectivity index (χ0v) is 13.1. The Bertz CT molecular complexity index is 477. The highest BCUT2D eigenvalue weighted by Crippen LogP contribution is 2.35. The van der Waals surface area contributed by atoms with E-state index in [1.807, 2.05) is 23.9 Å². The molecular weight excluding hydrogens is 292 g/mol. The maximum absolute atomic E-state index is 6.23. The van der Waals surface area contributed by atoms with E-state index < -0.39 is 0 Å². The molecule has 2 atom stereocenters. The number of hydrazine groups is 1. The van der Waals surface area contributed by atoms with Crippen molar-refractivity contribution >= 4 is 23.4 Å². The van der Waals surface area contributed by atoms with Gasteiger partial charge in [-0.05, 0) is 48.3 Å². The van der Waals surface area contributed by atoms with E-state index in [0.717, 1.165) is 30.2 Å². The Morgan fingerprint density at radius 1 is 1.45 bits per heavy atom. The van der Waals surface area contributed by atoms with Crippen LogP contribution in [0.15, 0.2) is 12.1 Å². The van der Waals surface area contributed by atoms with Gasteiger partial charge in [-0.1, -0.05) is 18.0 Å². The number of fused-ring (bicyclic) bond motifs is 1. The number of nitrogens with two attached hydrogens (primary N) is 1. The highest BCUT2D eigenvalue weighted by atomic mass is 35.5. The fourth-order valence-electron chi connectivity index (χ4n) is 3.12. The molecule has 2 aliphatic heterocycles. The first-order valence-corrected chi connectivity index (χ1v) is 8.72. The summed E-state index contributed by atoms with van der Waals surface area (Å²) in [4.78, 5) is 0. The molecule has 20 heavy (non-hydrogen) atoms. The molecule has 2 unspecified atom stereocenters. The maximum atomic E-state index is 6.23. The average Bonchev–Trinajstić information content (AvgIpc) is 2.93. The largest absolute Gasteiger partial charge is 0.493 e. The lowest BCUT2D eigenvalue weighted by Gasteiger charge is -2.29. The van der Waals surface area contributed by atoms with Crippen molar-refractivity contribution in [2.75, 3.05) is 12.4 Å². The number of halogens is 1. The molecule has 1 fully saturated rings. The van der Waals surface area contributed by atoms with Crippen molar-refractivity contribution in [1.29, 1.82) is 0 Å². The van der Waals surface area contributed by atoms with Gasteiger partial charge in [-0.2, -0.15) is 11.8 Å². The van der Waals surface area contributed by atoms with Crippen molar-refractivity contribution in [3.8, 4) is 5.75 Å². The number of hydrogen-bond donors (Lipinski definition) is 2. The predicted octanol–water partition coefficient (Wildman–Crippen LogP) is 2.94. The minimum absolute atomic E-state index is 0.284. The van der Waals surface area contributed by atoms with Crippen molar-refractivity contribution < 1.29 is 4.74 Å². The molecule has 0 amide bonds. The van der Waals surface area contributed by atoms with Gasteiger partial charge >= 0.3 is 0 Å². The van der Waals surface area contributed by atoms with E-state index in [4.69, 9.17) is 22.2 Å². The zero-order valence-electron chi connectivity index (χ0n) is 11.5. The summed E-state index contributed by atoms with van der Waals surface area (Å²) in [6.07, 6.45) is 5.72. The minimum atomic E-state index is 0.284. The van der Waals surface area contributed by atoms with Crippen molar-refractivity contribution in [3.63, 3.8) is 0 Å². The summed E-state index contributed by atoms with van der Waals surface area (Å²) >= 11 is 8.26. The van der Waals surface area contributed by atoms with Crippen LogP contribution in [0.2, 0.25) is 5.02 Å². The first-order valence-electron chi connectivity index (χ1n) is 7.30. The average molecular weight is 313 g/mol. The molecule has 3 nitrogen and oxygen atoms in total. The van der Waals surface area contributed by atoms with E-state index in [-0.39, 0.29) is 6.04 Å².